The van der Waals surface area contributed by atoms with Crippen molar-refractivity contribution >= 4 is 78.2 Å². The van der Waals surface area contributed by atoms with E-state index in [1.165, 1.54) is 0 Å². The first-order valence-electron chi connectivity index (χ1n) is 15.6. The predicted octanol–water partition coefficient (Wildman–Crippen LogP) is 10.8. The van der Waals surface area contributed by atoms with Crippen LogP contribution in [0.15, 0.2) is 72.8 Å². The molecular formula is C38H40Cl2N4O2. The van der Waals surface area contributed by atoms with E-state index in [9.17, 15) is 0 Å². The van der Waals surface area contributed by atoms with Gasteiger partial charge in [0, 0.05) is 44.7 Å². The molecule has 0 aliphatic heterocycles. The van der Waals surface area contributed by atoms with Crippen molar-refractivity contribution in [1.29, 1.82) is 0 Å². The van der Waals surface area contributed by atoms with Crippen LogP contribution in [0, 0.1) is 10.8 Å². The van der Waals surface area contributed by atoms with E-state index in [2.05, 4.69) is 64.3 Å². The van der Waals surface area contributed by atoms with Gasteiger partial charge in [-0.25, -0.2) is 9.97 Å². The molecule has 0 bridgehead atoms. The molecule has 6 nitrogen and oxygen atoms in total. The molecule has 0 saturated carbocycles. The Morgan fingerprint density at radius 3 is 1.33 bits per heavy atom. The first kappa shape index (κ1) is 32.0. The molecule has 0 fully saturated rings. The Hall–Kier alpha value is -4.00. The van der Waals surface area contributed by atoms with Gasteiger partial charge in [0.25, 0.3) is 0 Å². The van der Waals surface area contributed by atoms with E-state index in [1.54, 1.807) is 0 Å². The number of nitrogens with zero attached hydrogens (tertiary/aromatic N) is 2. The molecule has 46 heavy (non-hydrogen) atoms. The Balaban J connectivity index is 1.32. The van der Waals surface area contributed by atoms with Crippen LogP contribution < -0.4 is 20.1 Å². The molecule has 0 spiro atoms. The molecule has 238 valence electrons. The fourth-order valence-corrected chi connectivity index (χ4v) is 5.66. The van der Waals surface area contributed by atoms with E-state index >= 15 is 0 Å². The monoisotopic (exact) mass is 654 g/mol. The Bertz CT molecular complexity index is 1920. The minimum absolute atomic E-state index is 0.0478. The summed E-state index contributed by atoms with van der Waals surface area (Å²) in [6, 6.07) is 23.8. The van der Waals surface area contributed by atoms with Gasteiger partial charge in [0.15, 0.2) is 0 Å². The number of nitrogens with one attached hydrogen (secondary N) is 2. The number of benzene rings is 4. The highest BCUT2D eigenvalue weighted by molar-refractivity contribution is 6.32. The average molecular weight is 656 g/mol. The fourth-order valence-electron chi connectivity index (χ4n) is 5.33. The second-order valence-electron chi connectivity index (χ2n) is 14.2. The fraction of sp³-hybridized carbons (Fsp3) is 0.316. The van der Waals surface area contributed by atoms with Crippen molar-refractivity contribution in [2.24, 2.45) is 10.8 Å². The highest BCUT2D eigenvalue weighted by atomic mass is 35.5. The molecule has 0 saturated heterocycles. The van der Waals surface area contributed by atoms with Crippen LogP contribution in [0.2, 0.25) is 10.0 Å². The minimum Gasteiger partial charge on any atom is -0.493 e. The number of ether oxygens (including phenoxy) is 2. The zero-order chi connectivity index (χ0) is 32.6. The number of aromatic nitrogens is 2. The summed E-state index contributed by atoms with van der Waals surface area (Å²) in [6.07, 6.45) is 0. The van der Waals surface area contributed by atoms with E-state index in [0.717, 1.165) is 66.5 Å². The van der Waals surface area contributed by atoms with Crippen molar-refractivity contribution in [1.82, 2.24) is 9.97 Å². The van der Waals surface area contributed by atoms with Crippen molar-refractivity contribution in [2.45, 2.75) is 41.5 Å². The van der Waals surface area contributed by atoms with Crippen molar-refractivity contribution < 1.29 is 9.47 Å². The zero-order valence-electron chi connectivity index (χ0n) is 27.2. The maximum Gasteiger partial charge on any atom is 0.120 e. The summed E-state index contributed by atoms with van der Waals surface area (Å²) in [5.74, 6) is 1.63. The minimum atomic E-state index is 0.0478. The van der Waals surface area contributed by atoms with Crippen LogP contribution in [0.5, 0.6) is 11.5 Å². The lowest BCUT2D eigenvalue weighted by Crippen LogP contribution is -2.17. The lowest BCUT2D eigenvalue weighted by atomic mass is 9.98. The third kappa shape index (κ3) is 7.35. The van der Waals surface area contributed by atoms with Crippen LogP contribution in [-0.2, 0) is 0 Å². The van der Waals surface area contributed by atoms with Crippen molar-refractivity contribution in [3.8, 4) is 11.5 Å². The van der Waals surface area contributed by atoms with Gasteiger partial charge in [-0.3, -0.25) is 0 Å². The normalized spacial score (nSPS) is 12.3. The van der Waals surface area contributed by atoms with E-state index in [0.29, 0.717) is 36.3 Å². The van der Waals surface area contributed by atoms with E-state index in [4.69, 9.17) is 42.6 Å². The molecule has 0 aliphatic rings. The Morgan fingerprint density at radius 1 is 0.522 bits per heavy atom. The number of halogens is 2. The van der Waals surface area contributed by atoms with Gasteiger partial charge in [0.05, 0.1) is 46.7 Å². The molecule has 0 radical (unpaired) electrons. The van der Waals surface area contributed by atoms with Gasteiger partial charge in [-0.15, -0.1) is 0 Å². The van der Waals surface area contributed by atoms with Gasteiger partial charge in [-0.05, 0) is 83.6 Å². The van der Waals surface area contributed by atoms with Crippen LogP contribution in [0.1, 0.15) is 41.5 Å². The lowest BCUT2D eigenvalue weighted by molar-refractivity contribution is 0.198. The summed E-state index contributed by atoms with van der Waals surface area (Å²) < 4.78 is 12.3. The molecule has 0 aliphatic carbocycles. The first-order valence-corrected chi connectivity index (χ1v) is 16.4. The quantitative estimate of drug-likeness (QED) is 0.119. The van der Waals surface area contributed by atoms with Crippen LogP contribution in [0.4, 0.5) is 11.4 Å². The summed E-state index contributed by atoms with van der Waals surface area (Å²) in [5.41, 5.74) is 5.51. The largest absolute Gasteiger partial charge is 0.493 e. The van der Waals surface area contributed by atoms with Crippen LogP contribution in [0.25, 0.3) is 43.6 Å². The number of rotatable bonds is 9. The van der Waals surface area contributed by atoms with E-state index in [1.807, 2.05) is 60.7 Å². The summed E-state index contributed by atoms with van der Waals surface area (Å²) in [7, 11) is 0. The Labute approximate surface area is 280 Å². The first-order chi connectivity index (χ1) is 21.8. The SMILES string of the molecule is CC(C)(C)COc1ccc2nc3cc(Cl)ccc3c(NCCNc3c4ccc(Cl)cc4nc4ccc(OCC(C)(C)C)cc34)c2c1. The van der Waals surface area contributed by atoms with E-state index < -0.39 is 0 Å². The summed E-state index contributed by atoms with van der Waals surface area (Å²) in [6.45, 7) is 15.5. The second-order valence-corrected chi connectivity index (χ2v) is 15.1. The van der Waals surface area contributed by atoms with Crippen molar-refractivity contribution in [3.63, 3.8) is 0 Å². The topological polar surface area (TPSA) is 68.3 Å². The molecule has 0 atom stereocenters. The van der Waals surface area contributed by atoms with E-state index in [-0.39, 0.29) is 10.8 Å². The van der Waals surface area contributed by atoms with Gasteiger partial charge >= 0.3 is 0 Å². The zero-order valence-corrected chi connectivity index (χ0v) is 28.7. The van der Waals surface area contributed by atoms with Gasteiger partial charge in [-0.2, -0.15) is 0 Å². The highest BCUT2D eigenvalue weighted by Gasteiger charge is 2.16. The number of pyridine rings is 2. The van der Waals surface area contributed by atoms with Crippen molar-refractivity contribution in [2.75, 3.05) is 36.9 Å². The second kappa shape index (κ2) is 12.7. The van der Waals surface area contributed by atoms with Gasteiger partial charge in [-0.1, -0.05) is 64.7 Å². The number of fused-ring (bicyclic) bond motifs is 4. The third-order valence-electron chi connectivity index (χ3n) is 7.49. The molecule has 4 aromatic carbocycles. The molecule has 2 N–H and O–H groups in total. The Morgan fingerprint density at radius 2 is 0.935 bits per heavy atom. The number of anilines is 2. The standard InChI is InChI=1S/C38H40Cl2N4O2/c1-37(2,3)21-45-25-9-13-31-29(19-25)35(27-11-7-23(39)17-33(27)43-31)41-15-16-42-36-28-12-8-24(40)18-34(28)44-32-14-10-26(20-30(32)36)46-22-38(4,5)6/h7-14,17-20H,15-16,21-22H2,1-6H3,(H,41,43)(H,42,44). The van der Waals surface area contributed by atoms with Crippen LogP contribution in [-0.4, -0.2) is 36.3 Å². The van der Waals surface area contributed by atoms with Crippen LogP contribution >= 0.6 is 23.2 Å². The summed E-state index contributed by atoms with van der Waals surface area (Å²) in [5, 5.41) is 12.7. The number of hydrogen-bond acceptors (Lipinski definition) is 6. The summed E-state index contributed by atoms with van der Waals surface area (Å²) >= 11 is 12.7. The van der Waals surface area contributed by atoms with Gasteiger partial charge in [0.2, 0.25) is 0 Å². The van der Waals surface area contributed by atoms with Gasteiger partial charge in [0.1, 0.15) is 11.5 Å². The maximum atomic E-state index is 6.37. The lowest BCUT2D eigenvalue weighted by Gasteiger charge is -2.20. The van der Waals surface area contributed by atoms with Crippen LogP contribution in [0.3, 0.4) is 0 Å². The average Bonchev–Trinajstić information content (AvgIpc) is 2.99. The summed E-state index contributed by atoms with van der Waals surface area (Å²) in [4.78, 5) is 9.83. The Kier molecular flexibility index (Phi) is 8.79. The highest BCUT2D eigenvalue weighted by Crippen LogP contribution is 2.36. The maximum absolute atomic E-state index is 6.37. The smallest absolute Gasteiger partial charge is 0.120 e. The molecule has 2 heterocycles. The molecule has 0 unspecified atom stereocenters. The number of hydrogen-bond donors (Lipinski definition) is 2. The van der Waals surface area contributed by atoms with Crippen molar-refractivity contribution in [3.05, 3.63) is 82.8 Å². The molecule has 8 heteroatoms. The molecule has 6 rings (SSSR count). The molecule has 2 aromatic heterocycles. The third-order valence-corrected chi connectivity index (χ3v) is 7.96. The molecule has 6 aromatic rings. The molecule has 0 amide bonds. The molecular weight excluding hydrogens is 615 g/mol. The van der Waals surface area contributed by atoms with Gasteiger partial charge < -0.3 is 20.1 Å². The predicted molar refractivity (Wildman–Crippen MR) is 195 cm³/mol.